The van der Waals surface area contributed by atoms with Crippen molar-refractivity contribution >= 4 is 5.97 Å². The quantitative estimate of drug-likeness (QED) is 0.684. The van der Waals surface area contributed by atoms with Crippen molar-refractivity contribution in [1.82, 2.24) is 15.5 Å². The van der Waals surface area contributed by atoms with E-state index in [9.17, 15) is 4.79 Å². The van der Waals surface area contributed by atoms with Gasteiger partial charge in [-0.2, -0.15) is 5.10 Å². The van der Waals surface area contributed by atoms with E-state index in [0.29, 0.717) is 6.54 Å². The summed E-state index contributed by atoms with van der Waals surface area (Å²) in [5.41, 5.74) is 2.07. The normalized spacial score (nSPS) is 12.5. The summed E-state index contributed by atoms with van der Waals surface area (Å²) in [7, 11) is 1.38. The number of methoxy groups -OCH3 is 1. The molecule has 0 radical (unpaired) electrons. The van der Waals surface area contributed by atoms with Crippen LogP contribution in [-0.4, -0.2) is 29.3 Å². The van der Waals surface area contributed by atoms with Gasteiger partial charge in [-0.3, -0.25) is 9.89 Å². The minimum absolute atomic E-state index is 0.258. The molecule has 1 rings (SSSR count). The van der Waals surface area contributed by atoms with Gasteiger partial charge in [-0.1, -0.05) is 0 Å². The molecular formula is C9H15N3O2. The van der Waals surface area contributed by atoms with Crippen LogP contribution in [0.3, 0.4) is 0 Å². The number of aromatic nitrogens is 2. The Balaban J connectivity index is 2.41. The Bertz CT molecular complexity index is 309. The fourth-order valence-electron chi connectivity index (χ4n) is 1.08. The molecule has 2 N–H and O–H groups in total. The molecular weight excluding hydrogens is 182 g/mol. The van der Waals surface area contributed by atoms with Crippen LogP contribution in [0.1, 0.15) is 18.2 Å². The van der Waals surface area contributed by atoms with Crippen molar-refractivity contribution in [2.45, 2.75) is 26.4 Å². The van der Waals surface area contributed by atoms with Gasteiger partial charge in [0, 0.05) is 17.8 Å². The summed E-state index contributed by atoms with van der Waals surface area (Å²) in [5.74, 6) is -0.258. The highest BCUT2D eigenvalue weighted by Gasteiger charge is 2.12. The number of hydrogen-bond acceptors (Lipinski definition) is 4. The summed E-state index contributed by atoms with van der Waals surface area (Å²) in [6, 6.07) is -0.297. The highest BCUT2D eigenvalue weighted by atomic mass is 16.5. The van der Waals surface area contributed by atoms with Crippen LogP contribution in [0, 0.1) is 6.92 Å². The number of aryl methyl sites for hydroxylation is 1. The number of nitrogens with zero attached hydrogens (tertiary/aromatic N) is 1. The molecule has 5 nitrogen and oxygen atoms in total. The van der Waals surface area contributed by atoms with E-state index in [2.05, 4.69) is 20.3 Å². The fraction of sp³-hybridized carbons (Fsp3) is 0.556. The topological polar surface area (TPSA) is 67.0 Å². The van der Waals surface area contributed by atoms with Gasteiger partial charge in [0.1, 0.15) is 6.04 Å². The van der Waals surface area contributed by atoms with E-state index in [1.54, 1.807) is 13.1 Å². The third kappa shape index (κ3) is 2.56. The maximum absolute atomic E-state index is 11.0. The number of H-pyrrole nitrogens is 1. The molecule has 0 aromatic carbocycles. The summed E-state index contributed by atoms with van der Waals surface area (Å²) in [4.78, 5) is 11.0. The van der Waals surface area contributed by atoms with Crippen molar-refractivity contribution in [3.05, 3.63) is 17.5 Å². The van der Waals surface area contributed by atoms with Crippen molar-refractivity contribution in [2.75, 3.05) is 7.11 Å². The molecule has 78 valence electrons. The van der Waals surface area contributed by atoms with Gasteiger partial charge in [0.25, 0.3) is 0 Å². The third-order valence-corrected chi connectivity index (χ3v) is 2.09. The molecule has 0 saturated carbocycles. The standard InChI is InChI=1S/C9H15N3O2/c1-6-8(5-11-12-6)4-10-7(2)9(13)14-3/h5,7,10H,4H2,1-3H3,(H,11,12). The molecule has 1 aromatic heterocycles. The molecule has 0 fully saturated rings. The Labute approximate surface area is 82.8 Å². The zero-order chi connectivity index (χ0) is 10.6. The lowest BCUT2D eigenvalue weighted by Crippen LogP contribution is -2.34. The Kier molecular flexibility index (Phi) is 3.64. The third-order valence-electron chi connectivity index (χ3n) is 2.09. The first-order valence-corrected chi connectivity index (χ1v) is 4.45. The molecule has 0 spiro atoms. The average Bonchev–Trinajstić information content (AvgIpc) is 2.59. The molecule has 0 aliphatic carbocycles. The SMILES string of the molecule is COC(=O)C(C)NCc1cn[nH]c1C. The molecule has 14 heavy (non-hydrogen) atoms. The maximum atomic E-state index is 11.0. The lowest BCUT2D eigenvalue weighted by atomic mass is 10.2. The molecule has 1 heterocycles. The van der Waals surface area contributed by atoms with E-state index in [1.807, 2.05) is 6.92 Å². The van der Waals surface area contributed by atoms with E-state index in [4.69, 9.17) is 0 Å². The Morgan fingerprint density at radius 1 is 1.79 bits per heavy atom. The number of esters is 1. The smallest absolute Gasteiger partial charge is 0.322 e. The molecule has 1 atom stereocenters. The molecule has 1 unspecified atom stereocenters. The second-order valence-corrected chi connectivity index (χ2v) is 3.15. The second kappa shape index (κ2) is 4.76. The van der Waals surface area contributed by atoms with Crippen LogP contribution in [0.25, 0.3) is 0 Å². The molecule has 5 heteroatoms. The van der Waals surface area contributed by atoms with E-state index < -0.39 is 0 Å². The number of ether oxygens (including phenoxy) is 1. The van der Waals surface area contributed by atoms with Crippen LogP contribution in [-0.2, 0) is 16.1 Å². The van der Waals surface area contributed by atoms with Crippen molar-refractivity contribution in [1.29, 1.82) is 0 Å². The highest BCUT2D eigenvalue weighted by Crippen LogP contribution is 2.02. The Morgan fingerprint density at radius 2 is 2.50 bits per heavy atom. The van der Waals surface area contributed by atoms with E-state index in [-0.39, 0.29) is 12.0 Å². The van der Waals surface area contributed by atoms with Gasteiger partial charge >= 0.3 is 5.97 Å². The van der Waals surface area contributed by atoms with E-state index >= 15 is 0 Å². The monoisotopic (exact) mass is 197 g/mol. The number of hydrogen-bond donors (Lipinski definition) is 2. The first-order valence-electron chi connectivity index (χ1n) is 4.45. The lowest BCUT2D eigenvalue weighted by molar-refractivity contribution is -0.142. The second-order valence-electron chi connectivity index (χ2n) is 3.15. The Hall–Kier alpha value is -1.36. The summed E-state index contributed by atoms with van der Waals surface area (Å²) < 4.78 is 4.59. The molecule has 0 aliphatic rings. The van der Waals surface area contributed by atoms with Gasteiger partial charge in [-0.25, -0.2) is 0 Å². The molecule has 1 aromatic rings. The summed E-state index contributed by atoms with van der Waals surface area (Å²) in [6.45, 7) is 4.31. The highest BCUT2D eigenvalue weighted by molar-refractivity contribution is 5.75. The molecule has 0 bridgehead atoms. The zero-order valence-electron chi connectivity index (χ0n) is 8.63. The number of carbonyl (C=O) groups is 1. The largest absolute Gasteiger partial charge is 0.468 e. The Morgan fingerprint density at radius 3 is 3.00 bits per heavy atom. The van der Waals surface area contributed by atoms with Crippen LogP contribution in [0.4, 0.5) is 0 Å². The van der Waals surface area contributed by atoms with Gasteiger partial charge in [-0.15, -0.1) is 0 Å². The van der Waals surface area contributed by atoms with Crippen molar-refractivity contribution < 1.29 is 9.53 Å². The summed E-state index contributed by atoms with van der Waals surface area (Å²) >= 11 is 0. The van der Waals surface area contributed by atoms with Gasteiger partial charge < -0.3 is 10.1 Å². The predicted octanol–water partition coefficient (Wildman–Crippen LogP) is 0.369. The molecule has 0 saturated heterocycles. The van der Waals surface area contributed by atoms with Crippen LogP contribution in [0.15, 0.2) is 6.20 Å². The molecule has 0 amide bonds. The minimum Gasteiger partial charge on any atom is -0.468 e. The average molecular weight is 197 g/mol. The zero-order valence-corrected chi connectivity index (χ0v) is 8.63. The fourth-order valence-corrected chi connectivity index (χ4v) is 1.08. The predicted molar refractivity (Wildman–Crippen MR) is 51.6 cm³/mol. The van der Waals surface area contributed by atoms with Gasteiger partial charge in [0.05, 0.1) is 13.3 Å². The molecule has 0 aliphatic heterocycles. The summed E-state index contributed by atoms with van der Waals surface area (Å²) in [5, 5.41) is 9.75. The van der Waals surface area contributed by atoms with Gasteiger partial charge in [0.15, 0.2) is 0 Å². The minimum atomic E-state index is -0.297. The number of rotatable bonds is 4. The van der Waals surface area contributed by atoms with Crippen molar-refractivity contribution in [3.8, 4) is 0 Å². The first kappa shape index (κ1) is 10.7. The number of aromatic amines is 1. The summed E-state index contributed by atoms with van der Waals surface area (Å²) in [6.07, 6.45) is 1.74. The van der Waals surface area contributed by atoms with Crippen molar-refractivity contribution in [3.63, 3.8) is 0 Å². The lowest BCUT2D eigenvalue weighted by Gasteiger charge is -2.10. The number of nitrogens with one attached hydrogen (secondary N) is 2. The van der Waals surface area contributed by atoms with Crippen LogP contribution in [0.2, 0.25) is 0 Å². The maximum Gasteiger partial charge on any atom is 0.322 e. The van der Waals surface area contributed by atoms with Crippen LogP contribution in [0.5, 0.6) is 0 Å². The van der Waals surface area contributed by atoms with E-state index in [1.165, 1.54) is 7.11 Å². The van der Waals surface area contributed by atoms with Gasteiger partial charge in [0.2, 0.25) is 0 Å². The van der Waals surface area contributed by atoms with Crippen molar-refractivity contribution in [2.24, 2.45) is 0 Å². The van der Waals surface area contributed by atoms with E-state index in [0.717, 1.165) is 11.3 Å². The first-order chi connectivity index (χ1) is 6.65. The number of carbonyl (C=O) groups excluding carboxylic acids is 1. The van der Waals surface area contributed by atoms with Crippen LogP contribution < -0.4 is 5.32 Å². The van der Waals surface area contributed by atoms with Gasteiger partial charge in [-0.05, 0) is 13.8 Å². The van der Waals surface area contributed by atoms with Crippen LogP contribution >= 0.6 is 0 Å².